The zero-order chi connectivity index (χ0) is 15.3. The number of pyridine rings is 1. The molecular weight excluding hydrogens is 272 g/mol. The van der Waals surface area contributed by atoms with Gasteiger partial charge in [-0.15, -0.1) is 0 Å². The van der Waals surface area contributed by atoms with E-state index < -0.39 is 0 Å². The monoisotopic (exact) mass is 292 g/mol. The lowest BCUT2D eigenvalue weighted by Gasteiger charge is -2.20. The van der Waals surface area contributed by atoms with Gasteiger partial charge < -0.3 is 11.2 Å². The van der Waals surface area contributed by atoms with Crippen LogP contribution in [-0.2, 0) is 0 Å². The van der Waals surface area contributed by atoms with Crippen molar-refractivity contribution in [2.24, 2.45) is 5.92 Å². The number of nitrogens with one attached hydrogen (secondary N) is 1. The maximum atomic E-state index is 6.14. The SMILES string of the molecule is CC(C)CC1Nc2ccccc2-c2ccnc3c2c1cn3N. The number of nitrogens with zero attached hydrogens (tertiary/aromatic N) is 2. The van der Waals surface area contributed by atoms with Crippen molar-refractivity contribution in [1.82, 2.24) is 9.66 Å². The molecular formula is C18H20N4. The number of para-hydroxylation sites is 1. The Labute approximate surface area is 129 Å². The number of nitrogen functional groups attached to an aromatic ring is 1. The lowest BCUT2D eigenvalue weighted by Crippen LogP contribution is -2.13. The Morgan fingerprint density at radius 1 is 1.23 bits per heavy atom. The van der Waals surface area contributed by atoms with Gasteiger partial charge in [-0.25, -0.2) is 4.98 Å². The lowest BCUT2D eigenvalue weighted by atomic mass is 9.96. The fourth-order valence-electron chi connectivity index (χ4n) is 3.46. The van der Waals surface area contributed by atoms with E-state index in [9.17, 15) is 0 Å². The number of rotatable bonds is 2. The third-order valence-electron chi connectivity index (χ3n) is 4.37. The first kappa shape index (κ1) is 13.2. The van der Waals surface area contributed by atoms with Gasteiger partial charge in [0.15, 0.2) is 5.65 Å². The van der Waals surface area contributed by atoms with Crippen molar-refractivity contribution in [3.05, 3.63) is 48.3 Å². The molecule has 3 N–H and O–H groups in total. The predicted molar refractivity (Wildman–Crippen MR) is 91.1 cm³/mol. The molecule has 1 aromatic carbocycles. The van der Waals surface area contributed by atoms with Gasteiger partial charge in [-0.05, 0) is 30.0 Å². The van der Waals surface area contributed by atoms with Gasteiger partial charge in [0.25, 0.3) is 0 Å². The minimum absolute atomic E-state index is 0.249. The van der Waals surface area contributed by atoms with E-state index in [0.717, 1.165) is 12.1 Å². The summed E-state index contributed by atoms with van der Waals surface area (Å²) in [6.45, 7) is 4.50. The number of fused-ring (bicyclic) bond motifs is 2. The third-order valence-corrected chi connectivity index (χ3v) is 4.37. The highest BCUT2D eigenvalue weighted by molar-refractivity contribution is 6.01. The van der Waals surface area contributed by atoms with E-state index in [0.29, 0.717) is 5.92 Å². The van der Waals surface area contributed by atoms with Crippen LogP contribution in [-0.4, -0.2) is 9.66 Å². The summed E-state index contributed by atoms with van der Waals surface area (Å²) in [7, 11) is 0. The second kappa shape index (κ2) is 4.77. The van der Waals surface area contributed by atoms with Crippen LogP contribution < -0.4 is 11.2 Å². The molecule has 2 aromatic heterocycles. The van der Waals surface area contributed by atoms with Gasteiger partial charge in [-0.3, -0.25) is 4.68 Å². The highest BCUT2D eigenvalue weighted by atomic mass is 15.3. The lowest BCUT2D eigenvalue weighted by molar-refractivity contribution is 0.533. The van der Waals surface area contributed by atoms with Crippen LogP contribution in [0.25, 0.3) is 22.2 Å². The molecule has 4 nitrogen and oxygen atoms in total. The van der Waals surface area contributed by atoms with E-state index in [2.05, 4.69) is 54.5 Å². The predicted octanol–water partition coefficient (Wildman–Crippen LogP) is 3.93. The molecule has 0 fully saturated rings. The van der Waals surface area contributed by atoms with Crippen LogP contribution in [0.15, 0.2) is 42.7 Å². The minimum atomic E-state index is 0.249. The van der Waals surface area contributed by atoms with Crippen LogP contribution >= 0.6 is 0 Å². The second-order valence-corrected chi connectivity index (χ2v) is 6.42. The molecule has 0 bridgehead atoms. The Bertz CT molecular complexity index is 847. The number of hydrogen-bond donors (Lipinski definition) is 2. The number of benzene rings is 1. The van der Waals surface area contributed by atoms with Gasteiger partial charge in [-0.2, -0.15) is 0 Å². The van der Waals surface area contributed by atoms with Gasteiger partial charge in [0.2, 0.25) is 0 Å². The second-order valence-electron chi connectivity index (χ2n) is 6.42. The normalized spacial score (nSPS) is 16.4. The number of hydrogen-bond acceptors (Lipinski definition) is 3. The molecule has 0 saturated heterocycles. The highest BCUT2D eigenvalue weighted by Crippen LogP contribution is 2.43. The molecule has 0 spiro atoms. The van der Waals surface area contributed by atoms with Crippen molar-refractivity contribution in [2.45, 2.75) is 26.3 Å². The molecule has 3 aromatic rings. The third kappa shape index (κ3) is 1.87. The standard InChI is InChI=1S/C18H20N4/c1-11(2)9-16-14-10-22(19)18-17(14)13(7-8-20-18)12-5-3-4-6-15(12)21-16/h3-8,10-11,16,21H,9,19H2,1-2H3. The Morgan fingerprint density at radius 2 is 2.05 bits per heavy atom. The summed E-state index contributed by atoms with van der Waals surface area (Å²) in [5.41, 5.74) is 5.69. The molecule has 0 amide bonds. The summed E-state index contributed by atoms with van der Waals surface area (Å²) in [4.78, 5) is 4.48. The Morgan fingerprint density at radius 3 is 2.86 bits per heavy atom. The summed E-state index contributed by atoms with van der Waals surface area (Å²) in [5, 5.41) is 4.89. The number of anilines is 1. The molecule has 1 aliphatic rings. The molecule has 1 aliphatic heterocycles. The van der Waals surface area contributed by atoms with Crippen LogP contribution in [0, 0.1) is 5.92 Å². The van der Waals surface area contributed by atoms with Crippen molar-refractivity contribution >= 4 is 16.7 Å². The van der Waals surface area contributed by atoms with Gasteiger partial charge in [0.1, 0.15) is 0 Å². The summed E-state index contributed by atoms with van der Waals surface area (Å²) in [6.07, 6.45) is 4.92. The zero-order valence-corrected chi connectivity index (χ0v) is 12.9. The minimum Gasteiger partial charge on any atom is -0.378 e. The first-order chi connectivity index (χ1) is 10.6. The maximum absolute atomic E-state index is 6.14. The van der Waals surface area contributed by atoms with Crippen molar-refractivity contribution in [1.29, 1.82) is 0 Å². The quantitative estimate of drug-likeness (QED) is 0.704. The van der Waals surface area contributed by atoms with E-state index in [1.807, 2.05) is 12.4 Å². The highest BCUT2D eigenvalue weighted by Gasteiger charge is 2.26. The smallest absolute Gasteiger partial charge is 0.159 e. The van der Waals surface area contributed by atoms with Crippen LogP contribution in [0.3, 0.4) is 0 Å². The first-order valence-electron chi connectivity index (χ1n) is 7.76. The molecule has 4 heteroatoms. The van der Waals surface area contributed by atoms with Crippen molar-refractivity contribution in [3.8, 4) is 11.1 Å². The van der Waals surface area contributed by atoms with Gasteiger partial charge in [0, 0.05) is 34.6 Å². The molecule has 1 atom stereocenters. The molecule has 0 saturated carbocycles. The van der Waals surface area contributed by atoms with Crippen LogP contribution in [0.4, 0.5) is 5.69 Å². The Balaban J connectivity index is 2.05. The first-order valence-corrected chi connectivity index (χ1v) is 7.76. The fourth-order valence-corrected chi connectivity index (χ4v) is 3.46. The van der Waals surface area contributed by atoms with Crippen LogP contribution in [0.2, 0.25) is 0 Å². The Kier molecular flexibility index (Phi) is 2.86. The Hall–Kier alpha value is -2.49. The van der Waals surface area contributed by atoms with E-state index in [-0.39, 0.29) is 6.04 Å². The van der Waals surface area contributed by atoms with E-state index >= 15 is 0 Å². The average Bonchev–Trinajstić information content (AvgIpc) is 2.78. The summed E-state index contributed by atoms with van der Waals surface area (Å²) in [6, 6.07) is 10.8. The molecule has 112 valence electrons. The summed E-state index contributed by atoms with van der Waals surface area (Å²) < 4.78 is 1.65. The van der Waals surface area contributed by atoms with Crippen molar-refractivity contribution in [2.75, 3.05) is 11.2 Å². The summed E-state index contributed by atoms with van der Waals surface area (Å²) in [5.74, 6) is 6.74. The van der Waals surface area contributed by atoms with Crippen LogP contribution in [0.5, 0.6) is 0 Å². The average molecular weight is 292 g/mol. The molecule has 22 heavy (non-hydrogen) atoms. The van der Waals surface area contributed by atoms with E-state index in [4.69, 9.17) is 5.84 Å². The molecule has 0 radical (unpaired) electrons. The number of aromatic nitrogens is 2. The van der Waals surface area contributed by atoms with E-state index in [1.165, 1.54) is 27.8 Å². The molecule has 0 aliphatic carbocycles. The van der Waals surface area contributed by atoms with Gasteiger partial charge in [-0.1, -0.05) is 32.0 Å². The number of nitrogens with two attached hydrogens (primary N) is 1. The van der Waals surface area contributed by atoms with Crippen LogP contribution in [0.1, 0.15) is 31.9 Å². The largest absolute Gasteiger partial charge is 0.378 e. The molecule has 1 unspecified atom stereocenters. The van der Waals surface area contributed by atoms with Gasteiger partial charge >= 0.3 is 0 Å². The topological polar surface area (TPSA) is 55.9 Å². The molecule has 4 rings (SSSR count). The summed E-state index contributed by atoms with van der Waals surface area (Å²) >= 11 is 0. The maximum Gasteiger partial charge on any atom is 0.159 e. The van der Waals surface area contributed by atoms with Crippen molar-refractivity contribution in [3.63, 3.8) is 0 Å². The van der Waals surface area contributed by atoms with E-state index in [1.54, 1.807) is 4.68 Å². The van der Waals surface area contributed by atoms with Crippen molar-refractivity contribution < 1.29 is 0 Å². The zero-order valence-electron chi connectivity index (χ0n) is 12.9. The fraction of sp³-hybridized carbons (Fsp3) is 0.278. The molecule has 3 heterocycles. The van der Waals surface area contributed by atoms with Gasteiger partial charge in [0.05, 0.1) is 6.04 Å².